The number of amides is 1. The number of rotatable bonds is 4. The van der Waals surface area contributed by atoms with E-state index in [-0.39, 0.29) is 5.91 Å². The first-order valence-corrected chi connectivity index (χ1v) is 6.61. The first-order chi connectivity index (χ1) is 8.34. The molecule has 1 aromatic heterocycles. The molecule has 1 amide bonds. The Morgan fingerprint density at radius 2 is 2.12 bits per heavy atom. The molecular formula is C13H21N3O. The van der Waals surface area contributed by atoms with Crippen molar-refractivity contribution in [3.63, 3.8) is 0 Å². The average molecular weight is 235 g/mol. The second kappa shape index (κ2) is 6.42. The summed E-state index contributed by atoms with van der Waals surface area (Å²) in [5.41, 5.74) is 1.03. The van der Waals surface area contributed by atoms with E-state index >= 15 is 0 Å². The van der Waals surface area contributed by atoms with Crippen LogP contribution in [0.15, 0.2) is 12.5 Å². The fourth-order valence-electron chi connectivity index (χ4n) is 2.39. The predicted octanol–water partition coefficient (Wildman–Crippen LogP) is 2.18. The van der Waals surface area contributed by atoms with Gasteiger partial charge >= 0.3 is 0 Å². The number of nitrogens with one attached hydrogen (secondary N) is 2. The third kappa shape index (κ3) is 4.21. The number of hydrogen-bond donors (Lipinski definition) is 2. The van der Waals surface area contributed by atoms with Crippen LogP contribution < -0.4 is 5.32 Å². The number of aryl methyl sites for hydroxylation is 1. The zero-order valence-electron chi connectivity index (χ0n) is 10.2. The number of aromatic amines is 1. The summed E-state index contributed by atoms with van der Waals surface area (Å²) in [4.78, 5) is 18.7. The highest BCUT2D eigenvalue weighted by molar-refractivity contribution is 5.76. The summed E-state index contributed by atoms with van der Waals surface area (Å²) in [6, 6.07) is 0.409. The van der Waals surface area contributed by atoms with E-state index in [2.05, 4.69) is 15.3 Å². The van der Waals surface area contributed by atoms with E-state index in [1.807, 2.05) is 0 Å². The van der Waals surface area contributed by atoms with Crippen molar-refractivity contribution in [2.75, 3.05) is 0 Å². The first kappa shape index (κ1) is 12.1. The number of hydrogen-bond acceptors (Lipinski definition) is 2. The molecule has 0 spiro atoms. The zero-order chi connectivity index (χ0) is 11.9. The van der Waals surface area contributed by atoms with E-state index in [9.17, 15) is 4.79 Å². The molecule has 4 nitrogen and oxygen atoms in total. The highest BCUT2D eigenvalue weighted by Crippen LogP contribution is 2.17. The van der Waals surface area contributed by atoms with Crippen LogP contribution in [0, 0.1) is 0 Å². The van der Waals surface area contributed by atoms with E-state index in [1.54, 1.807) is 12.5 Å². The number of nitrogens with zero attached hydrogens (tertiary/aromatic N) is 1. The molecule has 4 heteroatoms. The van der Waals surface area contributed by atoms with Crippen molar-refractivity contribution in [3.05, 3.63) is 18.2 Å². The first-order valence-electron chi connectivity index (χ1n) is 6.61. The SMILES string of the molecule is O=C(CCc1cnc[nH]1)NC1CCCCCC1. The maximum Gasteiger partial charge on any atom is 0.220 e. The number of carbonyl (C=O) groups excluding carboxylic acids is 1. The Labute approximate surface area is 102 Å². The van der Waals surface area contributed by atoms with Crippen LogP contribution in [0.25, 0.3) is 0 Å². The monoisotopic (exact) mass is 235 g/mol. The van der Waals surface area contributed by atoms with E-state index in [0.29, 0.717) is 12.5 Å². The molecule has 94 valence electrons. The molecule has 1 aliphatic carbocycles. The van der Waals surface area contributed by atoms with E-state index in [0.717, 1.165) is 25.0 Å². The van der Waals surface area contributed by atoms with Crippen LogP contribution in [-0.4, -0.2) is 21.9 Å². The lowest BCUT2D eigenvalue weighted by Crippen LogP contribution is -2.34. The summed E-state index contributed by atoms with van der Waals surface area (Å²) in [5.74, 6) is 0.173. The van der Waals surface area contributed by atoms with Gasteiger partial charge in [0.25, 0.3) is 0 Å². The molecule has 1 aromatic rings. The molecule has 0 aliphatic heterocycles. The largest absolute Gasteiger partial charge is 0.353 e. The Bertz CT molecular complexity index is 326. The second-order valence-electron chi connectivity index (χ2n) is 4.83. The van der Waals surface area contributed by atoms with Crippen LogP contribution in [-0.2, 0) is 11.2 Å². The number of H-pyrrole nitrogens is 1. The molecule has 1 aliphatic rings. The van der Waals surface area contributed by atoms with Gasteiger partial charge in [0, 0.05) is 24.4 Å². The summed E-state index contributed by atoms with van der Waals surface area (Å²) in [7, 11) is 0. The van der Waals surface area contributed by atoms with Crippen molar-refractivity contribution in [2.45, 2.75) is 57.4 Å². The van der Waals surface area contributed by atoms with Gasteiger partial charge in [-0.1, -0.05) is 25.7 Å². The van der Waals surface area contributed by atoms with Crippen LogP contribution in [0.1, 0.15) is 50.6 Å². The molecule has 17 heavy (non-hydrogen) atoms. The molecule has 1 heterocycles. The maximum atomic E-state index is 11.8. The number of aromatic nitrogens is 2. The molecule has 0 aromatic carbocycles. The summed E-state index contributed by atoms with van der Waals surface area (Å²) in [6.07, 6.45) is 12.2. The lowest BCUT2D eigenvalue weighted by atomic mass is 10.1. The maximum absolute atomic E-state index is 11.8. The Morgan fingerprint density at radius 1 is 1.35 bits per heavy atom. The van der Waals surface area contributed by atoms with Gasteiger partial charge in [0.1, 0.15) is 0 Å². The van der Waals surface area contributed by atoms with Gasteiger partial charge in [0.2, 0.25) is 5.91 Å². The lowest BCUT2D eigenvalue weighted by molar-refractivity contribution is -0.121. The minimum absolute atomic E-state index is 0.173. The van der Waals surface area contributed by atoms with Crippen molar-refractivity contribution >= 4 is 5.91 Å². The normalized spacial score (nSPS) is 17.6. The van der Waals surface area contributed by atoms with Crippen molar-refractivity contribution in [1.29, 1.82) is 0 Å². The van der Waals surface area contributed by atoms with E-state index in [1.165, 1.54) is 25.7 Å². The molecule has 0 bridgehead atoms. The van der Waals surface area contributed by atoms with E-state index in [4.69, 9.17) is 0 Å². The van der Waals surface area contributed by atoms with Gasteiger partial charge in [0.05, 0.1) is 6.33 Å². The molecule has 2 N–H and O–H groups in total. The third-order valence-corrected chi connectivity index (χ3v) is 3.40. The molecule has 1 fully saturated rings. The Morgan fingerprint density at radius 3 is 2.76 bits per heavy atom. The lowest BCUT2D eigenvalue weighted by Gasteiger charge is -2.15. The third-order valence-electron chi connectivity index (χ3n) is 3.40. The molecule has 0 radical (unpaired) electrons. The minimum Gasteiger partial charge on any atom is -0.353 e. The summed E-state index contributed by atoms with van der Waals surface area (Å²) < 4.78 is 0. The zero-order valence-corrected chi connectivity index (χ0v) is 10.2. The van der Waals surface area contributed by atoms with Gasteiger partial charge in [-0.2, -0.15) is 0 Å². The van der Waals surface area contributed by atoms with Crippen LogP contribution in [0.5, 0.6) is 0 Å². The standard InChI is InChI=1S/C13H21N3O/c17-13(8-7-12-9-14-10-15-12)16-11-5-3-1-2-4-6-11/h9-11H,1-8H2,(H,14,15)(H,16,17). The smallest absolute Gasteiger partial charge is 0.220 e. The quantitative estimate of drug-likeness (QED) is 0.786. The topological polar surface area (TPSA) is 57.8 Å². The molecule has 0 atom stereocenters. The molecule has 1 saturated carbocycles. The van der Waals surface area contributed by atoms with Gasteiger partial charge in [-0.3, -0.25) is 4.79 Å². The highest BCUT2D eigenvalue weighted by atomic mass is 16.1. The van der Waals surface area contributed by atoms with E-state index < -0.39 is 0 Å². The van der Waals surface area contributed by atoms with Gasteiger partial charge in [-0.25, -0.2) is 4.98 Å². The fraction of sp³-hybridized carbons (Fsp3) is 0.692. The van der Waals surface area contributed by atoms with Crippen molar-refractivity contribution in [2.24, 2.45) is 0 Å². The summed E-state index contributed by atoms with van der Waals surface area (Å²) in [5, 5.41) is 3.15. The number of imidazole rings is 1. The van der Waals surface area contributed by atoms with Crippen LogP contribution in [0.3, 0.4) is 0 Å². The summed E-state index contributed by atoms with van der Waals surface area (Å²) >= 11 is 0. The fourth-order valence-corrected chi connectivity index (χ4v) is 2.39. The van der Waals surface area contributed by atoms with Gasteiger partial charge in [0.15, 0.2) is 0 Å². The van der Waals surface area contributed by atoms with Crippen molar-refractivity contribution in [3.8, 4) is 0 Å². The van der Waals surface area contributed by atoms with Gasteiger partial charge in [-0.05, 0) is 19.3 Å². The van der Waals surface area contributed by atoms with Crippen LogP contribution >= 0.6 is 0 Å². The van der Waals surface area contributed by atoms with Crippen molar-refractivity contribution < 1.29 is 4.79 Å². The Balaban J connectivity index is 1.69. The second-order valence-corrected chi connectivity index (χ2v) is 4.83. The average Bonchev–Trinajstić information content (AvgIpc) is 2.72. The molecular weight excluding hydrogens is 214 g/mol. The predicted molar refractivity (Wildman–Crippen MR) is 66.5 cm³/mol. The van der Waals surface area contributed by atoms with Crippen LogP contribution in [0.4, 0.5) is 0 Å². The molecule has 2 rings (SSSR count). The Hall–Kier alpha value is -1.32. The number of carbonyl (C=O) groups is 1. The summed E-state index contributed by atoms with van der Waals surface area (Å²) in [6.45, 7) is 0. The van der Waals surface area contributed by atoms with Crippen molar-refractivity contribution in [1.82, 2.24) is 15.3 Å². The molecule has 0 saturated heterocycles. The Kier molecular flexibility index (Phi) is 4.59. The minimum atomic E-state index is 0.173. The van der Waals surface area contributed by atoms with Crippen LogP contribution in [0.2, 0.25) is 0 Å². The highest BCUT2D eigenvalue weighted by Gasteiger charge is 2.14. The molecule has 0 unspecified atom stereocenters. The van der Waals surface area contributed by atoms with Gasteiger partial charge in [-0.15, -0.1) is 0 Å². The van der Waals surface area contributed by atoms with Gasteiger partial charge < -0.3 is 10.3 Å².